The van der Waals surface area contributed by atoms with Crippen molar-refractivity contribution < 1.29 is 14.5 Å². The lowest BCUT2D eigenvalue weighted by Gasteiger charge is -2.06. The predicted octanol–water partition coefficient (Wildman–Crippen LogP) is 1.97. The summed E-state index contributed by atoms with van der Waals surface area (Å²) in [7, 11) is 0. The van der Waals surface area contributed by atoms with Crippen LogP contribution in [0, 0.1) is 10.1 Å². The average Bonchev–Trinajstić information content (AvgIpc) is 2.42. The van der Waals surface area contributed by atoms with Crippen LogP contribution in [-0.4, -0.2) is 35.6 Å². The van der Waals surface area contributed by atoms with Crippen molar-refractivity contribution in [3.63, 3.8) is 0 Å². The number of hydrogen-bond donors (Lipinski definition) is 1. The van der Waals surface area contributed by atoms with Gasteiger partial charge in [0, 0.05) is 6.54 Å². The number of hydrogen-bond acceptors (Lipinski definition) is 5. The molecule has 0 aliphatic heterocycles. The van der Waals surface area contributed by atoms with Gasteiger partial charge in [-0.2, -0.15) is 0 Å². The van der Waals surface area contributed by atoms with Gasteiger partial charge in [0.25, 0.3) is 11.6 Å². The van der Waals surface area contributed by atoms with Gasteiger partial charge in [-0.15, -0.1) is 6.58 Å². The number of ether oxygens (including phenoxy) is 1. The van der Waals surface area contributed by atoms with Gasteiger partial charge in [-0.05, 0) is 12.5 Å². The first-order valence-electron chi connectivity index (χ1n) is 5.83. The van der Waals surface area contributed by atoms with Crippen molar-refractivity contribution in [2.24, 2.45) is 0 Å². The van der Waals surface area contributed by atoms with E-state index in [1.165, 1.54) is 0 Å². The molecule has 0 saturated heterocycles. The van der Waals surface area contributed by atoms with Crippen molar-refractivity contribution in [1.82, 2.24) is 10.3 Å². The third kappa shape index (κ3) is 4.94. The number of carbonyl (C=O) groups excluding carboxylic acids is 1. The minimum Gasteiger partial charge on any atom is -0.379 e. The summed E-state index contributed by atoms with van der Waals surface area (Å²) in [5, 5.41) is 13.3. The van der Waals surface area contributed by atoms with Crippen LogP contribution in [0.4, 0.5) is 5.69 Å². The molecule has 0 aliphatic carbocycles. The van der Waals surface area contributed by atoms with Gasteiger partial charge < -0.3 is 10.1 Å². The maximum absolute atomic E-state index is 11.8. The van der Waals surface area contributed by atoms with Crippen LogP contribution in [-0.2, 0) is 4.74 Å². The molecule has 8 heteroatoms. The van der Waals surface area contributed by atoms with Gasteiger partial charge in [0.15, 0.2) is 0 Å². The van der Waals surface area contributed by atoms with Crippen LogP contribution in [0.1, 0.15) is 16.8 Å². The van der Waals surface area contributed by atoms with E-state index >= 15 is 0 Å². The van der Waals surface area contributed by atoms with Crippen LogP contribution >= 0.6 is 11.6 Å². The van der Waals surface area contributed by atoms with Crippen molar-refractivity contribution in [1.29, 1.82) is 0 Å². The number of nitro groups is 1. The van der Waals surface area contributed by atoms with E-state index in [0.717, 1.165) is 18.7 Å². The van der Waals surface area contributed by atoms with E-state index < -0.39 is 10.8 Å². The van der Waals surface area contributed by atoms with E-state index in [2.05, 4.69) is 16.9 Å². The van der Waals surface area contributed by atoms with Crippen molar-refractivity contribution in [3.8, 4) is 0 Å². The lowest BCUT2D eigenvalue weighted by atomic mass is 10.2. The summed E-state index contributed by atoms with van der Waals surface area (Å²) in [5.41, 5.74) is -0.513. The Morgan fingerprint density at radius 2 is 2.35 bits per heavy atom. The summed E-state index contributed by atoms with van der Waals surface area (Å²) in [6.07, 6.45) is 3.40. The van der Waals surface area contributed by atoms with Crippen LogP contribution in [0.15, 0.2) is 24.9 Å². The average molecular weight is 300 g/mol. The van der Waals surface area contributed by atoms with Gasteiger partial charge in [-0.3, -0.25) is 14.9 Å². The van der Waals surface area contributed by atoms with E-state index in [-0.39, 0.29) is 22.9 Å². The number of pyridine rings is 1. The Balaban J connectivity index is 2.56. The number of amides is 1. The molecule has 1 aromatic rings. The number of nitrogens with zero attached hydrogens (tertiary/aromatic N) is 2. The SMILES string of the molecule is C=CCCOCCNC(=O)c1cc(Cl)ncc1[N+](=O)[O-]. The van der Waals surface area contributed by atoms with Crippen LogP contribution in [0.2, 0.25) is 5.15 Å². The fourth-order valence-corrected chi connectivity index (χ4v) is 1.51. The molecule has 1 amide bonds. The van der Waals surface area contributed by atoms with Crippen molar-refractivity contribution in [3.05, 3.63) is 45.7 Å². The van der Waals surface area contributed by atoms with Crippen LogP contribution < -0.4 is 5.32 Å². The molecule has 7 nitrogen and oxygen atoms in total. The molecular weight excluding hydrogens is 286 g/mol. The van der Waals surface area contributed by atoms with Crippen LogP contribution in [0.3, 0.4) is 0 Å². The summed E-state index contributed by atoms with van der Waals surface area (Å²) >= 11 is 5.64. The Hall–Kier alpha value is -1.99. The summed E-state index contributed by atoms with van der Waals surface area (Å²) < 4.78 is 5.20. The maximum atomic E-state index is 11.8. The zero-order chi connectivity index (χ0) is 15.0. The second-order valence-corrected chi connectivity index (χ2v) is 4.11. The lowest BCUT2D eigenvalue weighted by molar-refractivity contribution is -0.385. The van der Waals surface area contributed by atoms with Gasteiger partial charge in [0.1, 0.15) is 16.9 Å². The minimum atomic E-state index is -0.682. The molecule has 0 spiro atoms. The molecular formula is C12H14ClN3O4. The number of rotatable bonds is 8. The molecule has 1 rings (SSSR count). The first kappa shape index (κ1) is 16.1. The second kappa shape index (κ2) is 8.23. The van der Waals surface area contributed by atoms with Crippen LogP contribution in [0.25, 0.3) is 0 Å². The molecule has 0 fully saturated rings. The summed E-state index contributed by atoms with van der Waals surface area (Å²) in [4.78, 5) is 25.5. The van der Waals surface area contributed by atoms with Gasteiger partial charge >= 0.3 is 0 Å². The Labute approximate surface area is 120 Å². The van der Waals surface area contributed by atoms with Crippen molar-refractivity contribution in [2.75, 3.05) is 19.8 Å². The first-order chi connectivity index (χ1) is 9.56. The maximum Gasteiger partial charge on any atom is 0.300 e. The van der Waals surface area contributed by atoms with E-state index in [1.807, 2.05) is 0 Å². The van der Waals surface area contributed by atoms with E-state index in [1.54, 1.807) is 6.08 Å². The molecule has 0 atom stereocenters. The Kier molecular flexibility index (Phi) is 6.61. The molecule has 1 aromatic heterocycles. The van der Waals surface area contributed by atoms with Crippen molar-refractivity contribution >= 4 is 23.2 Å². The standard InChI is InChI=1S/C12H14ClN3O4/c1-2-3-5-20-6-4-14-12(17)9-7-11(13)15-8-10(9)16(18)19/h2,7-8H,1,3-6H2,(H,14,17). The predicted molar refractivity (Wildman–Crippen MR) is 73.9 cm³/mol. The zero-order valence-electron chi connectivity index (χ0n) is 10.7. The smallest absolute Gasteiger partial charge is 0.300 e. The molecule has 0 saturated carbocycles. The number of aromatic nitrogens is 1. The van der Waals surface area contributed by atoms with Gasteiger partial charge in [0.05, 0.1) is 18.1 Å². The number of nitrogens with one attached hydrogen (secondary N) is 1. The van der Waals surface area contributed by atoms with E-state index in [9.17, 15) is 14.9 Å². The van der Waals surface area contributed by atoms with E-state index in [0.29, 0.717) is 13.2 Å². The Morgan fingerprint density at radius 3 is 3.00 bits per heavy atom. The highest BCUT2D eigenvalue weighted by Crippen LogP contribution is 2.19. The van der Waals surface area contributed by atoms with Gasteiger partial charge in [0.2, 0.25) is 0 Å². The highest BCUT2D eigenvalue weighted by atomic mass is 35.5. The fraction of sp³-hybridized carbons (Fsp3) is 0.333. The lowest BCUT2D eigenvalue weighted by Crippen LogP contribution is -2.28. The quantitative estimate of drug-likeness (QED) is 0.260. The summed E-state index contributed by atoms with van der Waals surface area (Å²) in [6.45, 7) is 4.62. The molecule has 1 heterocycles. The third-order valence-electron chi connectivity index (χ3n) is 2.29. The highest BCUT2D eigenvalue weighted by Gasteiger charge is 2.20. The number of halogens is 1. The molecule has 20 heavy (non-hydrogen) atoms. The molecule has 0 unspecified atom stereocenters. The summed E-state index contributed by atoms with van der Waals surface area (Å²) in [6, 6.07) is 1.16. The van der Waals surface area contributed by atoms with Gasteiger partial charge in [-0.1, -0.05) is 17.7 Å². The first-order valence-corrected chi connectivity index (χ1v) is 6.21. The van der Waals surface area contributed by atoms with Crippen LogP contribution in [0.5, 0.6) is 0 Å². The Morgan fingerprint density at radius 1 is 1.60 bits per heavy atom. The normalized spacial score (nSPS) is 10.1. The fourth-order valence-electron chi connectivity index (χ4n) is 1.35. The topological polar surface area (TPSA) is 94.4 Å². The van der Waals surface area contributed by atoms with Crippen molar-refractivity contribution in [2.45, 2.75) is 6.42 Å². The molecule has 0 bridgehead atoms. The monoisotopic (exact) mass is 299 g/mol. The third-order valence-corrected chi connectivity index (χ3v) is 2.50. The largest absolute Gasteiger partial charge is 0.379 e. The van der Waals surface area contributed by atoms with E-state index in [4.69, 9.17) is 16.3 Å². The molecule has 0 aliphatic rings. The minimum absolute atomic E-state index is 0.0167. The Bertz CT molecular complexity index is 507. The molecule has 108 valence electrons. The number of carbonyl (C=O) groups is 1. The molecule has 0 radical (unpaired) electrons. The summed E-state index contributed by atoms with van der Waals surface area (Å²) in [5.74, 6) is -0.590. The zero-order valence-corrected chi connectivity index (χ0v) is 11.4. The van der Waals surface area contributed by atoms with Gasteiger partial charge in [-0.25, -0.2) is 4.98 Å². The molecule has 0 aromatic carbocycles. The second-order valence-electron chi connectivity index (χ2n) is 3.73. The highest BCUT2D eigenvalue weighted by molar-refractivity contribution is 6.29. The molecule has 1 N–H and O–H groups in total.